The number of carbonyl (C=O) groups is 1. The Bertz CT molecular complexity index is 1350. The highest BCUT2D eigenvalue weighted by Crippen LogP contribution is 2.38. The van der Waals surface area contributed by atoms with Gasteiger partial charge in [0.2, 0.25) is 0 Å². The van der Waals surface area contributed by atoms with Crippen LogP contribution in [-0.4, -0.2) is 17.4 Å². The molecule has 0 N–H and O–H groups in total. The topological polar surface area (TPSA) is 72.7 Å². The van der Waals surface area contributed by atoms with Crippen molar-refractivity contribution < 1.29 is 14.5 Å². The molecule has 3 aromatic rings. The first-order chi connectivity index (χ1) is 16.3. The highest BCUT2D eigenvalue weighted by atomic mass is 79.9. The third-order valence-electron chi connectivity index (χ3n) is 5.71. The number of ether oxygens (including phenoxy) is 1. The maximum atomic E-state index is 13.6. The molecule has 6 nitrogen and oxygen atoms in total. The molecule has 1 aliphatic rings. The molecule has 0 saturated carbocycles. The fourth-order valence-corrected chi connectivity index (χ4v) is 4.40. The van der Waals surface area contributed by atoms with Crippen LogP contribution in [0.1, 0.15) is 29.2 Å². The largest absolute Gasteiger partial charge is 0.493 e. The van der Waals surface area contributed by atoms with Crippen molar-refractivity contribution in [3.05, 3.63) is 109 Å². The Kier molecular flexibility index (Phi) is 6.65. The van der Waals surface area contributed by atoms with Gasteiger partial charge in [0.15, 0.2) is 0 Å². The first kappa shape index (κ1) is 23.4. The number of anilines is 1. The minimum atomic E-state index is -0.410. The van der Waals surface area contributed by atoms with Gasteiger partial charge in [0.1, 0.15) is 5.75 Å². The Morgan fingerprint density at radius 3 is 2.47 bits per heavy atom. The first-order valence-electron chi connectivity index (χ1n) is 10.8. The number of nitro benzene ring substituents is 1. The lowest BCUT2D eigenvalue weighted by Crippen LogP contribution is -2.25. The van der Waals surface area contributed by atoms with Gasteiger partial charge in [0.25, 0.3) is 11.6 Å². The van der Waals surface area contributed by atoms with Gasteiger partial charge in [-0.1, -0.05) is 36.4 Å². The van der Waals surface area contributed by atoms with Crippen LogP contribution >= 0.6 is 15.9 Å². The Morgan fingerprint density at radius 1 is 1.09 bits per heavy atom. The Balaban J connectivity index is 1.83. The number of amides is 1. The average Bonchev–Trinajstić information content (AvgIpc) is 3.13. The molecule has 0 unspecified atom stereocenters. The molecule has 0 radical (unpaired) electrons. The number of hydrogen-bond acceptors (Lipinski definition) is 4. The van der Waals surface area contributed by atoms with Crippen LogP contribution in [0.4, 0.5) is 11.4 Å². The van der Waals surface area contributed by atoms with Crippen LogP contribution in [0.15, 0.2) is 76.8 Å². The standard InChI is InChI=1S/C27H23BrN2O4/c1-4-34-26-11-10-19(14-23(26)28)13-21-15-25(20-8-6-5-7-9-20)29(27(21)31)22-12-17(2)18(3)24(16-22)30(32)33/h5-16H,4H2,1-3H3/b21-13+. The molecule has 172 valence electrons. The van der Waals surface area contributed by atoms with Gasteiger partial charge >= 0.3 is 0 Å². The summed E-state index contributed by atoms with van der Waals surface area (Å²) in [7, 11) is 0. The predicted molar refractivity (Wildman–Crippen MR) is 138 cm³/mol. The van der Waals surface area contributed by atoms with E-state index in [0.717, 1.165) is 26.9 Å². The lowest BCUT2D eigenvalue weighted by Gasteiger charge is -2.22. The van der Waals surface area contributed by atoms with Crippen molar-refractivity contribution in [2.24, 2.45) is 0 Å². The van der Waals surface area contributed by atoms with Gasteiger partial charge in [-0.2, -0.15) is 0 Å². The minimum Gasteiger partial charge on any atom is -0.493 e. The summed E-state index contributed by atoms with van der Waals surface area (Å²) in [5.41, 5.74) is 4.60. The van der Waals surface area contributed by atoms with Gasteiger partial charge in [-0.05, 0) is 83.7 Å². The molecule has 0 fully saturated rings. The molecule has 0 bridgehead atoms. The Labute approximate surface area is 206 Å². The summed E-state index contributed by atoms with van der Waals surface area (Å²) < 4.78 is 6.37. The van der Waals surface area contributed by atoms with Crippen LogP contribution in [0.5, 0.6) is 5.75 Å². The van der Waals surface area contributed by atoms with Crippen molar-refractivity contribution in [3.63, 3.8) is 0 Å². The predicted octanol–water partition coefficient (Wildman–Crippen LogP) is 6.84. The van der Waals surface area contributed by atoms with Gasteiger partial charge in [-0.25, -0.2) is 0 Å². The molecule has 34 heavy (non-hydrogen) atoms. The summed E-state index contributed by atoms with van der Waals surface area (Å²) in [5.74, 6) is 0.480. The number of nitro groups is 1. The van der Waals surface area contributed by atoms with Crippen LogP contribution in [0.3, 0.4) is 0 Å². The quantitative estimate of drug-likeness (QED) is 0.203. The number of halogens is 1. The van der Waals surface area contributed by atoms with Gasteiger partial charge < -0.3 is 4.74 Å². The summed E-state index contributed by atoms with van der Waals surface area (Å²) in [6, 6.07) is 18.4. The number of rotatable bonds is 6. The fourth-order valence-electron chi connectivity index (χ4n) is 3.89. The third kappa shape index (κ3) is 4.52. The Hall–Kier alpha value is -3.71. The molecule has 0 spiro atoms. The van der Waals surface area contributed by atoms with Crippen molar-refractivity contribution in [2.75, 3.05) is 11.5 Å². The van der Waals surface area contributed by atoms with E-state index in [-0.39, 0.29) is 11.6 Å². The molecule has 1 heterocycles. The molecule has 1 amide bonds. The van der Waals surface area contributed by atoms with Crippen LogP contribution in [0.25, 0.3) is 11.8 Å². The number of hydrogen-bond donors (Lipinski definition) is 0. The number of aryl methyl sites for hydroxylation is 1. The molecule has 0 atom stereocenters. The second-order valence-electron chi connectivity index (χ2n) is 7.92. The fraction of sp³-hybridized carbons (Fsp3) is 0.148. The molecular formula is C27H23BrN2O4. The summed E-state index contributed by atoms with van der Waals surface area (Å²) in [5, 5.41) is 11.6. The van der Waals surface area contributed by atoms with E-state index in [2.05, 4.69) is 15.9 Å². The molecule has 0 saturated heterocycles. The summed E-state index contributed by atoms with van der Waals surface area (Å²) in [4.78, 5) is 26.4. The van der Waals surface area contributed by atoms with E-state index in [9.17, 15) is 14.9 Å². The minimum absolute atomic E-state index is 0.0110. The third-order valence-corrected chi connectivity index (χ3v) is 6.33. The molecule has 0 aliphatic carbocycles. The monoisotopic (exact) mass is 518 g/mol. The first-order valence-corrected chi connectivity index (χ1v) is 11.6. The summed E-state index contributed by atoms with van der Waals surface area (Å²) in [6.45, 7) is 6.00. The number of benzene rings is 3. The van der Waals surface area contributed by atoms with Crippen molar-refractivity contribution >= 4 is 45.0 Å². The lowest BCUT2D eigenvalue weighted by molar-refractivity contribution is -0.385. The zero-order valence-electron chi connectivity index (χ0n) is 19.0. The van der Waals surface area contributed by atoms with Gasteiger partial charge in [0.05, 0.1) is 27.4 Å². The second kappa shape index (κ2) is 9.65. The van der Waals surface area contributed by atoms with E-state index < -0.39 is 4.92 Å². The van der Waals surface area contributed by atoms with Gasteiger partial charge in [-0.3, -0.25) is 19.8 Å². The molecule has 1 aliphatic heterocycles. The average molecular weight is 519 g/mol. The van der Waals surface area contributed by atoms with Gasteiger partial charge in [0, 0.05) is 17.2 Å². The van der Waals surface area contributed by atoms with Gasteiger partial charge in [-0.15, -0.1) is 0 Å². The lowest BCUT2D eigenvalue weighted by atomic mass is 10.1. The zero-order chi connectivity index (χ0) is 24.4. The summed E-state index contributed by atoms with van der Waals surface area (Å²) in [6.07, 6.45) is 3.63. The van der Waals surface area contributed by atoms with Crippen molar-refractivity contribution in [1.82, 2.24) is 0 Å². The smallest absolute Gasteiger partial charge is 0.274 e. The molecule has 3 aromatic carbocycles. The van der Waals surface area contributed by atoms with Crippen molar-refractivity contribution in [3.8, 4) is 5.75 Å². The zero-order valence-corrected chi connectivity index (χ0v) is 20.6. The molecule has 4 rings (SSSR count). The highest BCUT2D eigenvalue weighted by Gasteiger charge is 2.32. The molecule has 0 aromatic heterocycles. The van der Waals surface area contributed by atoms with E-state index in [0.29, 0.717) is 29.1 Å². The van der Waals surface area contributed by atoms with E-state index in [1.807, 2.05) is 74.5 Å². The van der Waals surface area contributed by atoms with E-state index >= 15 is 0 Å². The van der Waals surface area contributed by atoms with Crippen LogP contribution in [-0.2, 0) is 4.79 Å². The van der Waals surface area contributed by atoms with E-state index in [1.54, 1.807) is 17.9 Å². The maximum absolute atomic E-state index is 13.6. The van der Waals surface area contributed by atoms with Crippen LogP contribution in [0.2, 0.25) is 0 Å². The highest BCUT2D eigenvalue weighted by molar-refractivity contribution is 9.10. The molecular weight excluding hydrogens is 496 g/mol. The van der Waals surface area contributed by atoms with Crippen LogP contribution in [0, 0.1) is 24.0 Å². The normalized spacial score (nSPS) is 14.5. The number of nitrogens with zero attached hydrogens (tertiary/aromatic N) is 2. The van der Waals surface area contributed by atoms with Crippen LogP contribution < -0.4 is 9.64 Å². The maximum Gasteiger partial charge on any atom is 0.274 e. The SMILES string of the molecule is CCOc1ccc(/C=C2\C=C(c3ccccc3)N(c3cc(C)c(C)c([N+](=O)[O-])c3)C2=O)cc1Br. The summed E-state index contributed by atoms with van der Waals surface area (Å²) >= 11 is 3.52. The van der Waals surface area contributed by atoms with E-state index in [4.69, 9.17) is 4.74 Å². The number of carbonyl (C=O) groups excluding carboxylic acids is 1. The van der Waals surface area contributed by atoms with Crippen molar-refractivity contribution in [1.29, 1.82) is 0 Å². The van der Waals surface area contributed by atoms with E-state index in [1.165, 1.54) is 6.07 Å². The Morgan fingerprint density at radius 2 is 1.82 bits per heavy atom. The van der Waals surface area contributed by atoms with Crippen molar-refractivity contribution in [2.45, 2.75) is 20.8 Å². The second-order valence-corrected chi connectivity index (χ2v) is 8.78. The molecule has 7 heteroatoms.